The molecule has 0 saturated carbocycles. The number of amides is 1. The molecule has 3 aromatic rings. The topological polar surface area (TPSA) is 85.2 Å². The van der Waals surface area contributed by atoms with Gasteiger partial charge in [-0.25, -0.2) is 9.97 Å². The molecule has 0 radical (unpaired) electrons. The number of rotatable bonds is 5. The summed E-state index contributed by atoms with van der Waals surface area (Å²) >= 11 is 1.45. The highest BCUT2D eigenvalue weighted by Gasteiger charge is 2.24. The Hall–Kier alpha value is -2.36. The molecule has 1 aliphatic heterocycles. The van der Waals surface area contributed by atoms with E-state index in [2.05, 4.69) is 48.0 Å². The number of thiazole rings is 1. The molecule has 8 nitrogen and oxygen atoms in total. The van der Waals surface area contributed by atoms with Crippen molar-refractivity contribution in [3.05, 3.63) is 34.1 Å². The first-order chi connectivity index (χ1) is 14.7. The third-order valence-corrected chi connectivity index (χ3v) is 6.28. The Balaban J connectivity index is 1.55. The van der Waals surface area contributed by atoms with E-state index in [1.165, 1.54) is 11.3 Å². The molecular formula is C22H30N6O2S. The largest absolute Gasteiger partial charge is 0.373 e. The maximum Gasteiger partial charge on any atom is 0.258 e. The molecule has 0 spiro atoms. The summed E-state index contributed by atoms with van der Waals surface area (Å²) < 4.78 is 7.54. The van der Waals surface area contributed by atoms with Gasteiger partial charge in [-0.15, -0.1) is 11.3 Å². The Bertz CT molecular complexity index is 1100. The van der Waals surface area contributed by atoms with Gasteiger partial charge in [0.05, 0.1) is 34.5 Å². The number of aromatic nitrogens is 4. The fourth-order valence-electron chi connectivity index (χ4n) is 4.18. The van der Waals surface area contributed by atoms with E-state index >= 15 is 0 Å². The summed E-state index contributed by atoms with van der Waals surface area (Å²) in [6.45, 7) is 12.8. The van der Waals surface area contributed by atoms with Crippen molar-refractivity contribution >= 4 is 33.4 Å². The molecule has 9 heteroatoms. The van der Waals surface area contributed by atoms with Crippen LogP contribution in [0.25, 0.3) is 11.0 Å². The second kappa shape index (κ2) is 8.64. The van der Waals surface area contributed by atoms with Crippen LogP contribution < -0.4 is 5.32 Å². The molecule has 1 fully saturated rings. The van der Waals surface area contributed by atoms with Crippen LogP contribution in [0.2, 0.25) is 0 Å². The molecule has 1 N–H and O–H groups in total. The lowest BCUT2D eigenvalue weighted by atomic mass is 10.0. The predicted molar refractivity (Wildman–Crippen MR) is 123 cm³/mol. The minimum absolute atomic E-state index is 0.181. The molecule has 0 aromatic carbocycles. The molecule has 31 heavy (non-hydrogen) atoms. The van der Waals surface area contributed by atoms with Crippen molar-refractivity contribution in [1.29, 1.82) is 0 Å². The fraction of sp³-hybridized carbons (Fsp3) is 0.545. The van der Waals surface area contributed by atoms with Gasteiger partial charge in [0.15, 0.2) is 10.8 Å². The van der Waals surface area contributed by atoms with Crippen molar-refractivity contribution in [2.75, 3.05) is 18.4 Å². The number of hydrogen-bond acceptors (Lipinski definition) is 7. The number of carbonyl (C=O) groups is 1. The van der Waals surface area contributed by atoms with Crippen LogP contribution in [0.1, 0.15) is 61.1 Å². The minimum Gasteiger partial charge on any atom is -0.373 e. The first kappa shape index (κ1) is 21.9. The van der Waals surface area contributed by atoms with E-state index in [4.69, 9.17) is 9.72 Å². The molecule has 3 aromatic heterocycles. The number of morpholine rings is 1. The minimum atomic E-state index is -0.181. The van der Waals surface area contributed by atoms with Crippen LogP contribution in [0.3, 0.4) is 0 Å². The van der Waals surface area contributed by atoms with E-state index < -0.39 is 0 Å². The van der Waals surface area contributed by atoms with Crippen molar-refractivity contribution in [3.63, 3.8) is 0 Å². The van der Waals surface area contributed by atoms with Gasteiger partial charge >= 0.3 is 0 Å². The van der Waals surface area contributed by atoms with Crippen molar-refractivity contribution in [1.82, 2.24) is 24.6 Å². The van der Waals surface area contributed by atoms with E-state index in [-0.39, 0.29) is 24.0 Å². The second-order valence-corrected chi connectivity index (χ2v) is 9.56. The summed E-state index contributed by atoms with van der Waals surface area (Å²) in [5.74, 6) is 0.0239. The third-order valence-electron chi connectivity index (χ3n) is 5.48. The number of pyridine rings is 1. The summed E-state index contributed by atoms with van der Waals surface area (Å²) in [6.07, 6.45) is 0.432. The van der Waals surface area contributed by atoms with Gasteiger partial charge in [-0.05, 0) is 32.8 Å². The van der Waals surface area contributed by atoms with E-state index in [0.717, 1.165) is 47.7 Å². The molecule has 2 unspecified atom stereocenters. The highest BCUT2D eigenvalue weighted by atomic mass is 32.1. The van der Waals surface area contributed by atoms with Crippen molar-refractivity contribution in [2.45, 2.75) is 59.3 Å². The van der Waals surface area contributed by atoms with Crippen molar-refractivity contribution in [3.8, 4) is 0 Å². The van der Waals surface area contributed by atoms with Crippen LogP contribution in [0.4, 0.5) is 5.13 Å². The van der Waals surface area contributed by atoms with Gasteiger partial charge in [-0.2, -0.15) is 5.10 Å². The summed E-state index contributed by atoms with van der Waals surface area (Å²) in [6, 6.07) is 1.88. The average Bonchev–Trinajstić information content (AvgIpc) is 3.23. The number of fused-ring (bicyclic) bond motifs is 1. The third kappa shape index (κ3) is 4.63. The number of nitrogens with one attached hydrogen (secondary N) is 1. The van der Waals surface area contributed by atoms with Crippen LogP contribution >= 0.6 is 11.3 Å². The highest BCUT2D eigenvalue weighted by molar-refractivity contribution is 7.14. The van der Waals surface area contributed by atoms with E-state index in [1.54, 1.807) is 4.68 Å². The molecule has 1 saturated heterocycles. The zero-order valence-electron chi connectivity index (χ0n) is 19.0. The normalized spacial score (nSPS) is 20.0. The number of ether oxygens (including phenoxy) is 1. The van der Waals surface area contributed by atoms with Gasteiger partial charge in [-0.3, -0.25) is 19.7 Å². The van der Waals surface area contributed by atoms with E-state index in [0.29, 0.717) is 10.7 Å². The maximum absolute atomic E-state index is 13.2. The second-order valence-electron chi connectivity index (χ2n) is 8.71. The predicted octanol–water partition coefficient (Wildman–Crippen LogP) is 3.72. The fourth-order valence-corrected chi connectivity index (χ4v) is 4.88. The summed E-state index contributed by atoms with van der Waals surface area (Å²) in [5, 5.41) is 10.9. The Morgan fingerprint density at radius 2 is 2.00 bits per heavy atom. The average molecular weight is 443 g/mol. The molecule has 0 bridgehead atoms. The smallest absolute Gasteiger partial charge is 0.258 e. The Morgan fingerprint density at radius 1 is 1.29 bits per heavy atom. The Morgan fingerprint density at radius 3 is 2.68 bits per heavy atom. The molecule has 1 aliphatic rings. The molecule has 2 atom stereocenters. The lowest BCUT2D eigenvalue weighted by Crippen LogP contribution is -2.44. The Kier molecular flexibility index (Phi) is 6.09. The van der Waals surface area contributed by atoms with E-state index in [9.17, 15) is 4.79 Å². The van der Waals surface area contributed by atoms with Crippen molar-refractivity contribution in [2.24, 2.45) is 7.05 Å². The van der Waals surface area contributed by atoms with Crippen LogP contribution in [-0.4, -0.2) is 55.9 Å². The number of nitrogens with zero attached hydrogens (tertiary/aromatic N) is 5. The zero-order chi connectivity index (χ0) is 22.3. The molecule has 4 rings (SSSR count). The monoisotopic (exact) mass is 442 g/mol. The van der Waals surface area contributed by atoms with Gasteiger partial charge in [0.25, 0.3) is 5.91 Å². The quantitative estimate of drug-likeness (QED) is 0.648. The molecule has 166 valence electrons. The van der Waals surface area contributed by atoms with Crippen LogP contribution in [0.5, 0.6) is 0 Å². The van der Waals surface area contributed by atoms with Gasteiger partial charge in [0.1, 0.15) is 0 Å². The number of anilines is 1. The molecule has 4 heterocycles. The van der Waals surface area contributed by atoms with Gasteiger partial charge in [0.2, 0.25) is 0 Å². The Labute approximate surface area is 186 Å². The molecule has 0 aliphatic carbocycles. The lowest BCUT2D eigenvalue weighted by Gasteiger charge is -2.34. The van der Waals surface area contributed by atoms with E-state index in [1.807, 2.05) is 25.4 Å². The lowest BCUT2D eigenvalue weighted by molar-refractivity contribution is -0.0707. The van der Waals surface area contributed by atoms with Crippen LogP contribution in [0, 0.1) is 6.92 Å². The van der Waals surface area contributed by atoms with Crippen molar-refractivity contribution < 1.29 is 9.53 Å². The number of carbonyl (C=O) groups excluding carboxylic acids is 1. The van der Waals surface area contributed by atoms with Crippen LogP contribution in [0.15, 0.2) is 11.4 Å². The number of hydrogen-bond donors (Lipinski definition) is 1. The van der Waals surface area contributed by atoms with Gasteiger partial charge in [0, 0.05) is 37.8 Å². The standard InChI is InChI=1S/C22H30N6O2S/c1-12(2)18-7-17(19-15(5)26-27(6)20(19)24-18)21(29)25-22-23-16(11-31-22)10-28-8-13(3)30-14(4)9-28/h7,11-14H,8-10H2,1-6H3,(H,23,25,29). The first-order valence-electron chi connectivity index (χ1n) is 10.7. The summed E-state index contributed by atoms with van der Waals surface area (Å²) in [4.78, 5) is 24.9. The highest BCUT2D eigenvalue weighted by Crippen LogP contribution is 2.26. The molecule has 1 amide bonds. The van der Waals surface area contributed by atoms with Gasteiger partial charge in [-0.1, -0.05) is 13.8 Å². The number of aryl methyl sites for hydroxylation is 2. The maximum atomic E-state index is 13.2. The zero-order valence-corrected chi connectivity index (χ0v) is 19.8. The first-order valence-corrected chi connectivity index (χ1v) is 11.6. The summed E-state index contributed by atoms with van der Waals surface area (Å²) in [7, 11) is 1.86. The SMILES string of the molecule is Cc1nn(C)c2nc(C(C)C)cc(C(=O)Nc3nc(CN4CC(C)OC(C)C4)cs3)c12. The molecular weight excluding hydrogens is 412 g/mol. The van der Waals surface area contributed by atoms with Gasteiger partial charge < -0.3 is 4.74 Å². The van der Waals surface area contributed by atoms with Crippen LogP contribution in [-0.2, 0) is 18.3 Å². The summed E-state index contributed by atoms with van der Waals surface area (Å²) in [5.41, 5.74) is 3.94.